The minimum atomic E-state index is -0.204. The highest BCUT2D eigenvalue weighted by atomic mass is 16.5. The van der Waals surface area contributed by atoms with E-state index in [1.165, 1.54) is 0 Å². The van der Waals surface area contributed by atoms with Crippen molar-refractivity contribution in [3.05, 3.63) is 35.9 Å². The topological polar surface area (TPSA) is 79.2 Å². The van der Waals surface area contributed by atoms with Gasteiger partial charge in [0.2, 0.25) is 0 Å². The third kappa shape index (κ3) is 3.90. The Morgan fingerprint density at radius 2 is 2.19 bits per heavy atom. The minimum absolute atomic E-state index is 0.0317. The van der Waals surface area contributed by atoms with E-state index in [0.29, 0.717) is 25.4 Å². The molecule has 0 radical (unpaired) electrons. The van der Waals surface area contributed by atoms with Crippen molar-refractivity contribution in [2.75, 3.05) is 40.9 Å². The fourth-order valence-corrected chi connectivity index (χ4v) is 3.49. The zero-order chi connectivity index (χ0) is 19.4. The van der Waals surface area contributed by atoms with Gasteiger partial charge < -0.3 is 24.3 Å². The second-order valence-electron chi connectivity index (χ2n) is 6.91. The number of imidazole rings is 1. The number of carbonyl (C=O) groups is 2. The van der Waals surface area contributed by atoms with Crippen LogP contribution in [-0.2, 0) is 4.74 Å². The van der Waals surface area contributed by atoms with E-state index >= 15 is 0 Å². The molecule has 0 aliphatic carbocycles. The molecule has 2 aromatic rings. The van der Waals surface area contributed by atoms with Crippen LogP contribution in [0.5, 0.6) is 0 Å². The molecule has 3 amide bonds. The highest BCUT2D eigenvalue weighted by Crippen LogP contribution is 2.33. The van der Waals surface area contributed by atoms with Gasteiger partial charge in [0, 0.05) is 47.1 Å². The number of ether oxygens (including phenoxy) is 1. The maximum absolute atomic E-state index is 12.7. The lowest BCUT2D eigenvalue weighted by molar-refractivity contribution is 0.0945. The van der Waals surface area contributed by atoms with Gasteiger partial charge in [0.1, 0.15) is 5.82 Å². The SMILES string of the molecule is COCCCNC(=O)c1nc([C@H]2CCCN2C(=O)N(C)C)n2ccccc12. The number of rotatable bonds is 6. The molecule has 1 saturated heterocycles. The summed E-state index contributed by atoms with van der Waals surface area (Å²) in [5.74, 6) is 0.532. The molecule has 2 aromatic heterocycles. The van der Waals surface area contributed by atoms with Gasteiger partial charge in [-0.25, -0.2) is 9.78 Å². The molecular weight excluding hydrogens is 346 g/mol. The molecule has 1 fully saturated rings. The lowest BCUT2D eigenvalue weighted by atomic mass is 10.2. The highest BCUT2D eigenvalue weighted by Gasteiger charge is 2.34. The Kier molecular flexibility index (Phi) is 5.95. The first-order chi connectivity index (χ1) is 13.0. The largest absolute Gasteiger partial charge is 0.385 e. The van der Waals surface area contributed by atoms with Crippen LogP contribution >= 0.6 is 0 Å². The zero-order valence-corrected chi connectivity index (χ0v) is 16.1. The normalized spacial score (nSPS) is 16.7. The van der Waals surface area contributed by atoms with E-state index in [-0.39, 0.29) is 18.0 Å². The summed E-state index contributed by atoms with van der Waals surface area (Å²) in [6.45, 7) is 1.82. The number of urea groups is 1. The molecule has 27 heavy (non-hydrogen) atoms. The number of hydrogen-bond acceptors (Lipinski definition) is 4. The summed E-state index contributed by atoms with van der Waals surface area (Å²) in [6, 6.07) is 5.51. The van der Waals surface area contributed by atoms with Crippen LogP contribution in [-0.4, -0.2) is 72.0 Å². The lowest BCUT2D eigenvalue weighted by Gasteiger charge is -2.27. The molecule has 1 atom stereocenters. The maximum Gasteiger partial charge on any atom is 0.320 e. The first kappa shape index (κ1) is 19.2. The Morgan fingerprint density at radius 3 is 2.93 bits per heavy atom. The second-order valence-corrected chi connectivity index (χ2v) is 6.91. The monoisotopic (exact) mass is 373 g/mol. The van der Waals surface area contributed by atoms with Crippen LogP contribution in [0.2, 0.25) is 0 Å². The Morgan fingerprint density at radius 1 is 1.37 bits per heavy atom. The van der Waals surface area contributed by atoms with Gasteiger partial charge in [-0.2, -0.15) is 0 Å². The van der Waals surface area contributed by atoms with Crippen molar-refractivity contribution in [3.63, 3.8) is 0 Å². The van der Waals surface area contributed by atoms with Gasteiger partial charge in [0.15, 0.2) is 5.69 Å². The molecule has 0 unspecified atom stereocenters. The molecule has 0 aromatic carbocycles. The van der Waals surface area contributed by atoms with Gasteiger partial charge >= 0.3 is 6.03 Å². The number of nitrogens with one attached hydrogen (secondary N) is 1. The van der Waals surface area contributed by atoms with Crippen LogP contribution < -0.4 is 5.32 Å². The number of aromatic nitrogens is 2. The summed E-state index contributed by atoms with van der Waals surface area (Å²) in [7, 11) is 5.14. The molecule has 0 bridgehead atoms. The summed E-state index contributed by atoms with van der Waals surface area (Å²) in [5, 5.41) is 2.90. The number of fused-ring (bicyclic) bond motifs is 1. The van der Waals surface area contributed by atoms with Crippen molar-refractivity contribution < 1.29 is 14.3 Å². The minimum Gasteiger partial charge on any atom is -0.385 e. The van der Waals surface area contributed by atoms with E-state index in [0.717, 1.165) is 30.6 Å². The van der Waals surface area contributed by atoms with Crippen LogP contribution in [0.15, 0.2) is 24.4 Å². The summed E-state index contributed by atoms with van der Waals surface area (Å²) in [5.41, 5.74) is 1.15. The van der Waals surface area contributed by atoms with Gasteiger partial charge in [-0.3, -0.25) is 4.79 Å². The molecule has 3 rings (SSSR count). The summed E-state index contributed by atoms with van der Waals surface area (Å²) < 4.78 is 6.94. The van der Waals surface area contributed by atoms with Gasteiger partial charge in [-0.05, 0) is 31.4 Å². The second kappa shape index (κ2) is 8.39. The van der Waals surface area contributed by atoms with Crippen LogP contribution in [0, 0.1) is 0 Å². The van der Waals surface area contributed by atoms with E-state index in [1.807, 2.05) is 33.7 Å². The molecule has 8 nitrogen and oxygen atoms in total. The van der Waals surface area contributed by atoms with Crippen molar-refractivity contribution in [3.8, 4) is 0 Å². The Labute approximate surface area is 159 Å². The van der Waals surface area contributed by atoms with Gasteiger partial charge in [0.25, 0.3) is 5.91 Å². The van der Waals surface area contributed by atoms with Crippen LogP contribution in [0.1, 0.15) is 41.6 Å². The summed E-state index contributed by atoms with van der Waals surface area (Å²) >= 11 is 0. The fourth-order valence-electron chi connectivity index (χ4n) is 3.49. The molecule has 0 spiro atoms. The van der Waals surface area contributed by atoms with Crippen molar-refractivity contribution in [1.82, 2.24) is 24.5 Å². The third-order valence-corrected chi connectivity index (χ3v) is 4.78. The first-order valence-electron chi connectivity index (χ1n) is 9.26. The van der Waals surface area contributed by atoms with E-state index < -0.39 is 0 Å². The number of pyridine rings is 1. The number of hydrogen-bond donors (Lipinski definition) is 1. The standard InChI is InChI=1S/C19H27N5O3/c1-22(2)19(26)24-12-6-9-15(24)17-21-16(14-8-4-5-11-23(14)17)18(25)20-10-7-13-27-3/h4-5,8,11,15H,6-7,9-10,12-13H2,1-3H3,(H,20,25)/t15-/m1/s1. The Balaban J connectivity index is 1.90. The molecule has 1 aliphatic heterocycles. The molecule has 146 valence electrons. The van der Waals surface area contributed by atoms with E-state index in [4.69, 9.17) is 4.74 Å². The first-order valence-corrected chi connectivity index (χ1v) is 9.26. The molecule has 3 heterocycles. The van der Waals surface area contributed by atoms with Gasteiger partial charge in [0.05, 0.1) is 11.6 Å². The van der Waals surface area contributed by atoms with Crippen LogP contribution in [0.25, 0.3) is 5.52 Å². The molecule has 0 saturated carbocycles. The van der Waals surface area contributed by atoms with Crippen molar-refractivity contribution in [2.24, 2.45) is 0 Å². The smallest absolute Gasteiger partial charge is 0.320 e. The number of likely N-dealkylation sites (tertiary alicyclic amines) is 1. The van der Waals surface area contributed by atoms with Crippen LogP contribution in [0.3, 0.4) is 0 Å². The lowest BCUT2D eigenvalue weighted by Crippen LogP contribution is -2.39. The third-order valence-electron chi connectivity index (χ3n) is 4.78. The molecular formula is C19H27N5O3. The highest BCUT2D eigenvalue weighted by molar-refractivity contribution is 5.99. The zero-order valence-electron chi connectivity index (χ0n) is 16.1. The summed E-state index contributed by atoms with van der Waals surface area (Å²) in [6.07, 6.45) is 4.40. The van der Waals surface area contributed by atoms with Gasteiger partial charge in [-0.1, -0.05) is 6.07 Å². The number of amides is 3. The Bertz CT molecular complexity index is 817. The average molecular weight is 373 g/mol. The van der Waals surface area contributed by atoms with Crippen molar-refractivity contribution in [1.29, 1.82) is 0 Å². The van der Waals surface area contributed by atoms with Crippen LogP contribution in [0.4, 0.5) is 4.79 Å². The molecule has 1 N–H and O–H groups in total. The number of methoxy groups -OCH3 is 1. The van der Waals surface area contributed by atoms with Gasteiger partial charge in [-0.15, -0.1) is 0 Å². The number of carbonyl (C=O) groups excluding carboxylic acids is 2. The maximum atomic E-state index is 12.7. The fraction of sp³-hybridized carbons (Fsp3) is 0.526. The number of nitrogens with zero attached hydrogens (tertiary/aromatic N) is 4. The van der Waals surface area contributed by atoms with E-state index in [2.05, 4.69) is 10.3 Å². The quantitative estimate of drug-likeness (QED) is 0.785. The summed E-state index contributed by atoms with van der Waals surface area (Å²) in [4.78, 5) is 33.3. The molecule has 8 heteroatoms. The Hall–Kier alpha value is -2.61. The predicted molar refractivity (Wildman–Crippen MR) is 102 cm³/mol. The average Bonchev–Trinajstić information content (AvgIpc) is 3.28. The van der Waals surface area contributed by atoms with E-state index in [1.54, 1.807) is 26.1 Å². The van der Waals surface area contributed by atoms with Crippen molar-refractivity contribution in [2.45, 2.75) is 25.3 Å². The molecule has 1 aliphatic rings. The predicted octanol–water partition coefficient (Wildman–Crippen LogP) is 1.92. The van der Waals surface area contributed by atoms with E-state index in [9.17, 15) is 9.59 Å². The van der Waals surface area contributed by atoms with Crippen molar-refractivity contribution >= 4 is 17.5 Å².